The highest BCUT2D eigenvalue weighted by atomic mass is 16.5. The summed E-state index contributed by atoms with van der Waals surface area (Å²) in [5.74, 6) is 1.79. The molecule has 4 heteroatoms. The molecule has 0 unspecified atom stereocenters. The monoisotopic (exact) mass is 276 g/mol. The summed E-state index contributed by atoms with van der Waals surface area (Å²) in [5.41, 5.74) is 7.46. The second-order valence-corrected chi connectivity index (χ2v) is 5.75. The Bertz CT molecular complexity index is 466. The number of rotatable bonds is 4. The maximum atomic E-state index is 12.1. The fourth-order valence-electron chi connectivity index (χ4n) is 2.75. The first-order chi connectivity index (χ1) is 9.60. The number of hydrogen-bond donors (Lipinski definition) is 2. The third kappa shape index (κ3) is 3.65. The lowest BCUT2D eigenvalue weighted by atomic mass is 9.82. The summed E-state index contributed by atoms with van der Waals surface area (Å²) in [5, 5.41) is 3.01. The summed E-state index contributed by atoms with van der Waals surface area (Å²) in [6.07, 6.45) is 4.34. The van der Waals surface area contributed by atoms with Gasteiger partial charge in [-0.05, 0) is 49.3 Å². The second-order valence-electron chi connectivity index (χ2n) is 5.75. The zero-order chi connectivity index (χ0) is 14.5. The topological polar surface area (TPSA) is 64.3 Å². The molecule has 0 radical (unpaired) electrons. The summed E-state index contributed by atoms with van der Waals surface area (Å²) in [6.45, 7) is 2.79. The minimum absolute atomic E-state index is 0.172. The van der Waals surface area contributed by atoms with Crippen molar-refractivity contribution in [1.29, 1.82) is 0 Å². The zero-order valence-corrected chi connectivity index (χ0v) is 12.3. The molecule has 1 fully saturated rings. The third-order valence-corrected chi connectivity index (χ3v) is 4.15. The van der Waals surface area contributed by atoms with Gasteiger partial charge in [-0.2, -0.15) is 0 Å². The van der Waals surface area contributed by atoms with Gasteiger partial charge in [0.2, 0.25) is 5.91 Å². The van der Waals surface area contributed by atoms with Crippen LogP contribution < -0.4 is 15.8 Å². The number of nitrogens with two attached hydrogens (primary N) is 1. The van der Waals surface area contributed by atoms with Crippen molar-refractivity contribution in [3.05, 3.63) is 23.8 Å². The number of methoxy groups -OCH3 is 1. The van der Waals surface area contributed by atoms with Crippen molar-refractivity contribution >= 4 is 11.6 Å². The van der Waals surface area contributed by atoms with Crippen molar-refractivity contribution in [2.24, 2.45) is 11.8 Å². The van der Waals surface area contributed by atoms with Gasteiger partial charge in [-0.15, -0.1) is 0 Å². The molecule has 0 spiro atoms. The maximum absolute atomic E-state index is 12.1. The van der Waals surface area contributed by atoms with Crippen LogP contribution in [0.15, 0.2) is 18.2 Å². The van der Waals surface area contributed by atoms with Crippen molar-refractivity contribution in [2.75, 3.05) is 12.8 Å². The molecular formula is C16H24N2O2. The zero-order valence-electron chi connectivity index (χ0n) is 12.3. The molecule has 0 atom stereocenters. The summed E-state index contributed by atoms with van der Waals surface area (Å²) in [6, 6.07) is 5.61. The summed E-state index contributed by atoms with van der Waals surface area (Å²) < 4.78 is 5.12. The molecule has 1 aliphatic rings. The van der Waals surface area contributed by atoms with Crippen LogP contribution in [0.3, 0.4) is 0 Å². The number of hydrogen-bond acceptors (Lipinski definition) is 3. The number of ether oxygens (including phenoxy) is 1. The lowest BCUT2D eigenvalue weighted by molar-refractivity contribution is -0.126. The van der Waals surface area contributed by atoms with Crippen LogP contribution in [0.1, 0.15) is 38.2 Å². The van der Waals surface area contributed by atoms with Crippen molar-refractivity contribution < 1.29 is 9.53 Å². The molecule has 1 aromatic carbocycles. The second kappa shape index (κ2) is 6.64. The van der Waals surface area contributed by atoms with Gasteiger partial charge in [0.25, 0.3) is 0 Å². The highest BCUT2D eigenvalue weighted by Crippen LogP contribution is 2.28. The highest BCUT2D eigenvalue weighted by Gasteiger charge is 2.23. The van der Waals surface area contributed by atoms with Gasteiger partial charge in [-0.1, -0.05) is 13.0 Å². The van der Waals surface area contributed by atoms with Crippen molar-refractivity contribution in [3.63, 3.8) is 0 Å². The Morgan fingerprint density at radius 2 is 2.05 bits per heavy atom. The summed E-state index contributed by atoms with van der Waals surface area (Å²) >= 11 is 0. The normalized spacial score (nSPS) is 22.3. The number of nitrogens with one attached hydrogen (secondary N) is 1. The molecule has 0 bridgehead atoms. The van der Waals surface area contributed by atoms with Crippen LogP contribution in [-0.2, 0) is 11.3 Å². The summed E-state index contributed by atoms with van der Waals surface area (Å²) in [4.78, 5) is 12.1. The first-order valence-electron chi connectivity index (χ1n) is 7.30. The van der Waals surface area contributed by atoms with Gasteiger partial charge < -0.3 is 15.8 Å². The quantitative estimate of drug-likeness (QED) is 0.831. The lowest BCUT2D eigenvalue weighted by Gasteiger charge is -2.25. The Kier molecular flexibility index (Phi) is 4.88. The van der Waals surface area contributed by atoms with Crippen LogP contribution >= 0.6 is 0 Å². The molecule has 0 aliphatic heterocycles. The fraction of sp³-hybridized carbons (Fsp3) is 0.562. The first-order valence-corrected chi connectivity index (χ1v) is 7.30. The van der Waals surface area contributed by atoms with E-state index in [2.05, 4.69) is 12.2 Å². The predicted octanol–water partition coefficient (Wildman–Crippen LogP) is 2.72. The van der Waals surface area contributed by atoms with Crippen LogP contribution in [0.2, 0.25) is 0 Å². The van der Waals surface area contributed by atoms with E-state index in [0.717, 1.165) is 37.2 Å². The highest BCUT2D eigenvalue weighted by molar-refractivity contribution is 5.78. The first kappa shape index (κ1) is 14.7. The molecule has 1 saturated carbocycles. The van der Waals surface area contributed by atoms with E-state index in [4.69, 9.17) is 10.5 Å². The van der Waals surface area contributed by atoms with Crippen LogP contribution in [0.5, 0.6) is 5.75 Å². The van der Waals surface area contributed by atoms with Crippen LogP contribution in [0.25, 0.3) is 0 Å². The van der Waals surface area contributed by atoms with Gasteiger partial charge in [0.15, 0.2) is 0 Å². The molecule has 20 heavy (non-hydrogen) atoms. The molecule has 1 aliphatic carbocycles. The lowest BCUT2D eigenvalue weighted by Crippen LogP contribution is -2.32. The standard InChI is InChI=1S/C16H24N2O2/c1-11-3-6-13(7-4-11)16(19)18-10-12-5-8-15(20-2)14(17)9-12/h5,8-9,11,13H,3-4,6-7,10,17H2,1-2H3,(H,18,19). The Hall–Kier alpha value is -1.71. The molecule has 2 rings (SSSR count). The average molecular weight is 276 g/mol. The Morgan fingerprint density at radius 1 is 1.35 bits per heavy atom. The maximum Gasteiger partial charge on any atom is 0.223 e. The molecule has 1 amide bonds. The number of amides is 1. The van der Waals surface area contributed by atoms with E-state index in [-0.39, 0.29) is 11.8 Å². The number of anilines is 1. The van der Waals surface area contributed by atoms with Crippen LogP contribution in [0.4, 0.5) is 5.69 Å². The van der Waals surface area contributed by atoms with E-state index < -0.39 is 0 Å². The van der Waals surface area contributed by atoms with Gasteiger partial charge in [0.1, 0.15) is 5.75 Å². The van der Waals surface area contributed by atoms with Gasteiger partial charge in [0, 0.05) is 12.5 Å². The number of benzene rings is 1. The van der Waals surface area contributed by atoms with Gasteiger partial charge in [-0.3, -0.25) is 4.79 Å². The predicted molar refractivity (Wildman–Crippen MR) is 80.4 cm³/mol. The molecule has 110 valence electrons. The minimum atomic E-state index is 0.172. The van der Waals surface area contributed by atoms with Crippen LogP contribution in [0, 0.1) is 11.8 Å². The molecule has 4 nitrogen and oxygen atoms in total. The summed E-state index contributed by atoms with van der Waals surface area (Å²) in [7, 11) is 1.59. The Labute approximate surface area is 120 Å². The van der Waals surface area contributed by atoms with E-state index in [9.17, 15) is 4.79 Å². The fourth-order valence-corrected chi connectivity index (χ4v) is 2.75. The third-order valence-electron chi connectivity index (χ3n) is 4.15. The Morgan fingerprint density at radius 3 is 2.65 bits per heavy atom. The van der Waals surface area contributed by atoms with E-state index in [0.29, 0.717) is 18.0 Å². The van der Waals surface area contributed by atoms with E-state index >= 15 is 0 Å². The molecule has 0 heterocycles. The van der Waals surface area contributed by atoms with Crippen molar-refractivity contribution in [3.8, 4) is 5.75 Å². The minimum Gasteiger partial charge on any atom is -0.495 e. The van der Waals surface area contributed by atoms with E-state index in [1.165, 1.54) is 0 Å². The molecule has 0 aromatic heterocycles. The van der Waals surface area contributed by atoms with E-state index in [1.807, 2.05) is 18.2 Å². The number of carbonyl (C=O) groups excluding carboxylic acids is 1. The SMILES string of the molecule is COc1ccc(CNC(=O)C2CCC(C)CC2)cc1N. The molecule has 1 aromatic rings. The van der Waals surface area contributed by atoms with Gasteiger partial charge >= 0.3 is 0 Å². The van der Waals surface area contributed by atoms with Gasteiger partial charge in [-0.25, -0.2) is 0 Å². The van der Waals surface area contributed by atoms with Crippen molar-refractivity contribution in [1.82, 2.24) is 5.32 Å². The smallest absolute Gasteiger partial charge is 0.223 e. The van der Waals surface area contributed by atoms with Crippen LogP contribution in [-0.4, -0.2) is 13.0 Å². The number of carbonyl (C=O) groups is 1. The molecule has 3 N–H and O–H groups in total. The molecular weight excluding hydrogens is 252 g/mol. The molecule has 0 saturated heterocycles. The number of nitrogen functional groups attached to an aromatic ring is 1. The Balaban J connectivity index is 1.85. The van der Waals surface area contributed by atoms with Crippen molar-refractivity contribution in [2.45, 2.75) is 39.2 Å². The van der Waals surface area contributed by atoms with E-state index in [1.54, 1.807) is 7.11 Å². The largest absolute Gasteiger partial charge is 0.495 e. The average Bonchev–Trinajstić information content (AvgIpc) is 2.45. The van der Waals surface area contributed by atoms with Gasteiger partial charge in [0.05, 0.1) is 12.8 Å².